The highest BCUT2D eigenvalue weighted by Crippen LogP contribution is 2.22. The zero-order valence-electron chi connectivity index (χ0n) is 15.2. The molecule has 0 bridgehead atoms. The monoisotopic (exact) mass is 353 g/mol. The summed E-state index contributed by atoms with van der Waals surface area (Å²) in [5.74, 6) is -1.71. The molecule has 0 aliphatic rings. The van der Waals surface area contributed by atoms with Crippen LogP contribution in [0.25, 0.3) is 0 Å². The number of amides is 3. The number of para-hydroxylation sites is 1. The molecule has 2 aromatic rings. The van der Waals surface area contributed by atoms with E-state index >= 15 is 0 Å². The van der Waals surface area contributed by atoms with Gasteiger partial charge in [0.1, 0.15) is 0 Å². The second kappa shape index (κ2) is 8.80. The second-order valence-corrected chi connectivity index (χ2v) is 5.83. The molecule has 0 fully saturated rings. The van der Waals surface area contributed by atoms with Gasteiger partial charge in [-0.25, -0.2) is 0 Å². The molecule has 2 rings (SSSR count). The van der Waals surface area contributed by atoms with Crippen LogP contribution in [0.1, 0.15) is 31.9 Å². The lowest BCUT2D eigenvalue weighted by atomic mass is 10.0. The molecule has 0 unspecified atom stereocenters. The molecule has 6 heteroatoms. The molecule has 2 aromatic carbocycles. The van der Waals surface area contributed by atoms with Gasteiger partial charge in [-0.05, 0) is 42.2 Å². The Bertz CT molecular complexity index is 809. The number of rotatable bonds is 5. The van der Waals surface area contributed by atoms with Gasteiger partial charge < -0.3 is 16.0 Å². The molecule has 0 saturated heterocycles. The van der Waals surface area contributed by atoms with E-state index in [1.54, 1.807) is 24.3 Å². The Morgan fingerprint density at radius 3 is 1.81 bits per heavy atom. The first-order valence-electron chi connectivity index (χ1n) is 8.55. The number of nitrogens with one attached hydrogen (secondary N) is 3. The summed E-state index contributed by atoms with van der Waals surface area (Å²) < 4.78 is 0. The Morgan fingerprint density at radius 1 is 0.769 bits per heavy atom. The minimum atomic E-state index is -0.766. The molecule has 3 N–H and O–H groups in total. The minimum Gasteiger partial charge on any atom is -0.326 e. The van der Waals surface area contributed by atoms with Crippen LogP contribution in [0.15, 0.2) is 42.5 Å². The van der Waals surface area contributed by atoms with E-state index in [1.165, 1.54) is 6.92 Å². The van der Waals surface area contributed by atoms with Gasteiger partial charge in [-0.15, -0.1) is 0 Å². The number of carbonyl (C=O) groups excluding carboxylic acids is 3. The number of hydrogen-bond donors (Lipinski definition) is 3. The van der Waals surface area contributed by atoms with Crippen molar-refractivity contribution in [3.05, 3.63) is 53.6 Å². The van der Waals surface area contributed by atoms with Crippen LogP contribution in [0, 0.1) is 0 Å². The quantitative estimate of drug-likeness (QED) is 0.721. The van der Waals surface area contributed by atoms with Gasteiger partial charge in [0.15, 0.2) is 0 Å². The summed E-state index contributed by atoms with van der Waals surface area (Å²) in [7, 11) is 0. The van der Waals surface area contributed by atoms with Gasteiger partial charge in [0.25, 0.3) is 0 Å². The van der Waals surface area contributed by atoms with Crippen LogP contribution in [-0.2, 0) is 27.2 Å². The molecule has 0 spiro atoms. The maximum atomic E-state index is 12.3. The third kappa shape index (κ3) is 4.92. The lowest BCUT2D eigenvalue weighted by Crippen LogP contribution is -2.30. The van der Waals surface area contributed by atoms with Gasteiger partial charge in [0.05, 0.1) is 0 Å². The Morgan fingerprint density at radius 2 is 1.27 bits per heavy atom. The first-order chi connectivity index (χ1) is 12.4. The predicted molar refractivity (Wildman–Crippen MR) is 103 cm³/mol. The van der Waals surface area contributed by atoms with Crippen molar-refractivity contribution < 1.29 is 14.4 Å². The van der Waals surface area contributed by atoms with E-state index in [1.807, 2.05) is 32.0 Å². The zero-order valence-corrected chi connectivity index (χ0v) is 15.2. The highest BCUT2D eigenvalue weighted by Gasteiger charge is 2.17. The first kappa shape index (κ1) is 19.2. The number of carbonyl (C=O) groups is 3. The topological polar surface area (TPSA) is 87.3 Å². The fraction of sp³-hybridized carbons (Fsp3) is 0.250. The van der Waals surface area contributed by atoms with E-state index in [0.717, 1.165) is 24.0 Å². The van der Waals surface area contributed by atoms with Gasteiger partial charge in [-0.1, -0.05) is 38.1 Å². The van der Waals surface area contributed by atoms with Crippen molar-refractivity contribution in [2.75, 3.05) is 16.0 Å². The largest absolute Gasteiger partial charge is 0.326 e. The molecule has 0 radical (unpaired) electrons. The SMILES string of the molecule is CCc1cccc(CC)c1NC(=O)C(=O)Nc1cccc(NC(C)=O)c1. The minimum absolute atomic E-state index is 0.213. The smallest absolute Gasteiger partial charge is 0.314 e. The summed E-state index contributed by atoms with van der Waals surface area (Å²) in [6.07, 6.45) is 1.51. The van der Waals surface area contributed by atoms with Crippen LogP contribution in [-0.4, -0.2) is 17.7 Å². The summed E-state index contributed by atoms with van der Waals surface area (Å²) in [5.41, 5.74) is 3.64. The van der Waals surface area contributed by atoms with Gasteiger partial charge in [0, 0.05) is 24.0 Å². The molecule has 0 saturated carbocycles. The molecule has 0 aliphatic carbocycles. The zero-order chi connectivity index (χ0) is 19.1. The third-order valence-electron chi connectivity index (χ3n) is 3.88. The number of anilines is 3. The summed E-state index contributed by atoms with van der Waals surface area (Å²) in [5, 5.41) is 7.90. The molecule has 3 amide bonds. The second-order valence-electron chi connectivity index (χ2n) is 5.83. The maximum absolute atomic E-state index is 12.3. The van der Waals surface area contributed by atoms with Crippen LogP contribution < -0.4 is 16.0 Å². The van der Waals surface area contributed by atoms with Crippen molar-refractivity contribution in [3.63, 3.8) is 0 Å². The molecule has 0 atom stereocenters. The van der Waals surface area contributed by atoms with Crippen molar-refractivity contribution >= 4 is 34.8 Å². The maximum Gasteiger partial charge on any atom is 0.314 e. The van der Waals surface area contributed by atoms with E-state index in [0.29, 0.717) is 17.1 Å². The Labute approximate surface area is 153 Å². The molecular formula is C20H23N3O3. The number of aryl methyl sites for hydroxylation is 2. The molecule has 26 heavy (non-hydrogen) atoms. The van der Waals surface area contributed by atoms with Crippen molar-refractivity contribution in [1.82, 2.24) is 0 Å². The Hall–Kier alpha value is -3.15. The van der Waals surface area contributed by atoms with Crippen LogP contribution in [0.2, 0.25) is 0 Å². The van der Waals surface area contributed by atoms with Gasteiger partial charge >= 0.3 is 11.8 Å². The normalized spacial score (nSPS) is 10.1. The van der Waals surface area contributed by atoms with Crippen LogP contribution in [0.5, 0.6) is 0 Å². The average molecular weight is 353 g/mol. The summed E-state index contributed by atoms with van der Waals surface area (Å²) in [6, 6.07) is 12.4. The standard InChI is InChI=1S/C20H23N3O3/c1-4-14-8-6-9-15(5-2)18(14)23-20(26)19(25)22-17-11-7-10-16(12-17)21-13(3)24/h6-12H,4-5H2,1-3H3,(H,21,24)(H,22,25)(H,23,26). The van der Waals surface area contributed by atoms with Crippen molar-refractivity contribution in [2.24, 2.45) is 0 Å². The molecule has 0 aliphatic heterocycles. The summed E-state index contributed by atoms with van der Waals surface area (Å²) >= 11 is 0. The Kier molecular flexibility index (Phi) is 6.49. The highest BCUT2D eigenvalue weighted by molar-refractivity contribution is 6.43. The molecule has 0 aromatic heterocycles. The van der Waals surface area contributed by atoms with E-state index in [9.17, 15) is 14.4 Å². The van der Waals surface area contributed by atoms with E-state index in [-0.39, 0.29) is 5.91 Å². The van der Waals surface area contributed by atoms with Gasteiger partial charge in [0.2, 0.25) is 5.91 Å². The van der Waals surface area contributed by atoms with Gasteiger partial charge in [-0.2, -0.15) is 0 Å². The Balaban J connectivity index is 2.12. The van der Waals surface area contributed by atoms with Crippen LogP contribution in [0.3, 0.4) is 0 Å². The summed E-state index contributed by atoms with van der Waals surface area (Å²) in [4.78, 5) is 35.7. The lowest BCUT2D eigenvalue weighted by molar-refractivity contribution is -0.133. The van der Waals surface area contributed by atoms with Crippen molar-refractivity contribution in [1.29, 1.82) is 0 Å². The summed E-state index contributed by atoms with van der Waals surface area (Å²) in [6.45, 7) is 5.39. The fourth-order valence-electron chi connectivity index (χ4n) is 2.64. The molecule has 136 valence electrons. The molecule has 6 nitrogen and oxygen atoms in total. The van der Waals surface area contributed by atoms with E-state index < -0.39 is 11.8 Å². The number of benzene rings is 2. The van der Waals surface area contributed by atoms with E-state index in [2.05, 4.69) is 16.0 Å². The fourth-order valence-corrected chi connectivity index (χ4v) is 2.64. The first-order valence-corrected chi connectivity index (χ1v) is 8.55. The third-order valence-corrected chi connectivity index (χ3v) is 3.88. The van der Waals surface area contributed by atoms with Crippen molar-refractivity contribution in [2.45, 2.75) is 33.6 Å². The average Bonchev–Trinajstić information content (AvgIpc) is 2.61. The molecular weight excluding hydrogens is 330 g/mol. The van der Waals surface area contributed by atoms with Gasteiger partial charge in [-0.3, -0.25) is 14.4 Å². The number of hydrogen-bond acceptors (Lipinski definition) is 3. The predicted octanol–water partition coefficient (Wildman–Crippen LogP) is 3.35. The molecule has 0 heterocycles. The van der Waals surface area contributed by atoms with E-state index in [4.69, 9.17) is 0 Å². The van der Waals surface area contributed by atoms with Crippen LogP contribution in [0.4, 0.5) is 17.1 Å². The van der Waals surface area contributed by atoms with Crippen molar-refractivity contribution in [3.8, 4) is 0 Å². The lowest BCUT2D eigenvalue weighted by Gasteiger charge is -2.14. The van der Waals surface area contributed by atoms with Crippen LogP contribution >= 0.6 is 0 Å². The highest BCUT2D eigenvalue weighted by atomic mass is 16.2.